The van der Waals surface area contributed by atoms with Crippen molar-refractivity contribution in [2.75, 3.05) is 0 Å². The lowest BCUT2D eigenvalue weighted by Gasteiger charge is -2.21. The number of rotatable bonds is 10. The molecule has 4 rings (SSSR count). The second-order valence-electron chi connectivity index (χ2n) is 8.59. The van der Waals surface area contributed by atoms with Crippen LogP contribution in [-0.2, 0) is 33.8 Å². The maximum Gasteiger partial charge on any atom is 0.408 e. The van der Waals surface area contributed by atoms with Crippen LogP contribution in [0.4, 0.5) is 4.79 Å². The Balaban J connectivity index is 1.47. The van der Waals surface area contributed by atoms with Crippen molar-refractivity contribution in [1.29, 1.82) is 0 Å². The summed E-state index contributed by atoms with van der Waals surface area (Å²) >= 11 is 0. The summed E-state index contributed by atoms with van der Waals surface area (Å²) in [5.74, 6) is -1.81. The molecule has 2 amide bonds. The van der Waals surface area contributed by atoms with Crippen molar-refractivity contribution in [1.82, 2.24) is 15.6 Å². The number of aromatic amines is 1. The minimum Gasteiger partial charge on any atom is -0.508 e. The molecule has 1 heterocycles. The lowest BCUT2D eigenvalue weighted by molar-refractivity contribution is -0.142. The largest absolute Gasteiger partial charge is 0.508 e. The number of phenolic OH excluding ortho intramolecular Hbond substituents is 1. The molecule has 0 spiro atoms. The van der Waals surface area contributed by atoms with E-state index in [1.54, 1.807) is 30.5 Å². The Morgan fingerprint density at radius 1 is 0.811 bits per heavy atom. The number of aromatic hydroxyl groups is 1. The Bertz CT molecular complexity index is 1370. The zero-order valence-corrected chi connectivity index (χ0v) is 19.9. The van der Waals surface area contributed by atoms with Crippen LogP contribution in [0.5, 0.6) is 5.75 Å². The van der Waals surface area contributed by atoms with Crippen molar-refractivity contribution in [2.24, 2.45) is 0 Å². The van der Waals surface area contributed by atoms with E-state index in [4.69, 9.17) is 4.74 Å². The summed E-state index contributed by atoms with van der Waals surface area (Å²) in [6.45, 7) is 0.0124. The number of para-hydroxylation sites is 1. The molecule has 0 fully saturated rings. The fourth-order valence-corrected chi connectivity index (χ4v) is 3.98. The fraction of sp³-hybridized carbons (Fsp3) is 0.179. The van der Waals surface area contributed by atoms with E-state index in [0.29, 0.717) is 5.56 Å². The number of nitrogens with one attached hydrogen (secondary N) is 3. The van der Waals surface area contributed by atoms with Crippen LogP contribution < -0.4 is 10.6 Å². The Hall–Kier alpha value is -4.79. The number of fused-ring (bicyclic) bond motifs is 1. The molecule has 4 aromatic rings. The normalized spacial score (nSPS) is 12.4. The zero-order chi connectivity index (χ0) is 26.2. The average Bonchev–Trinajstić information content (AvgIpc) is 3.31. The van der Waals surface area contributed by atoms with E-state index < -0.39 is 30.1 Å². The number of alkyl carbamates (subject to hydrolysis) is 1. The number of benzene rings is 3. The summed E-state index contributed by atoms with van der Waals surface area (Å²) in [5.41, 5.74) is 3.04. The highest BCUT2D eigenvalue weighted by molar-refractivity contribution is 5.90. The third kappa shape index (κ3) is 6.88. The Morgan fingerprint density at radius 2 is 1.51 bits per heavy atom. The Morgan fingerprint density at radius 3 is 2.24 bits per heavy atom. The molecule has 0 aliphatic carbocycles. The van der Waals surface area contributed by atoms with Gasteiger partial charge >= 0.3 is 12.1 Å². The molecule has 0 radical (unpaired) electrons. The van der Waals surface area contributed by atoms with Gasteiger partial charge in [-0.3, -0.25) is 4.79 Å². The summed E-state index contributed by atoms with van der Waals surface area (Å²) in [7, 11) is 0. The summed E-state index contributed by atoms with van der Waals surface area (Å²) in [5, 5.41) is 25.4. The van der Waals surface area contributed by atoms with Crippen molar-refractivity contribution in [3.63, 3.8) is 0 Å². The van der Waals surface area contributed by atoms with Gasteiger partial charge < -0.3 is 30.6 Å². The van der Waals surface area contributed by atoms with Crippen LogP contribution in [0.3, 0.4) is 0 Å². The number of carbonyl (C=O) groups excluding carboxylic acids is 2. The van der Waals surface area contributed by atoms with Crippen LogP contribution in [0.2, 0.25) is 0 Å². The van der Waals surface area contributed by atoms with Gasteiger partial charge in [0.05, 0.1) is 0 Å². The molecule has 0 aliphatic heterocycles. The molecular formula is C28H27N3O6. The van der Waals surface area contributed by atoms with Gasteiger partial charge in [0.1, 0.15) is 24.4 Å². The van der Waals surface area contributed by atoms with Crippen molar-refractivity contribution in [3.8, 4) is 5.75 Å². The second kappa shape index (κ2) is 11.8. The summed E-state index contributed by atoms with van der Waals surface area (Å²) < 4.78 is 5.26. The van der Waals surface area contributed by atoms with Crippen LogP contribution in [0.25, 0.3) is 10.9 Å². The van der Waals surface area contributed by atoms with E-state index in [9.17, 15) is 24.6 Å². The number of carbonyl (C=O) groups is 3. The maximum atomic E-state index is 13.2. The first kappa shape index (κ1) is 25.3. The molecule has 190 valence electrons. The van der Waals surface area contributed by atoms with Gasteiger partial charge in [0.2, 0.25) is 5.91 Å². The molecule has 0 aliphatic rings. The van der Waals surface area contributed by atoms with Gasteiger partial charge in [-0.25, -0.2) is 9.59 Å². The standard InChI is InChI=1S/C28H27N3O6/c32-21-12-10-18(11-13-21)14-24(31-28(36)37-17-19-6-2-1-3-7-19)26(33)30-25(27(34)35)15-20-16-29-23-9-5-4-8-22(20)23/h1-13,16,24-25,29,32H,14-15,17H2,(H,30,33)(H,31,36)(H,34,35)/t24-,25+/m0/s1. The molecule has 3 aromatic carbocycles. The van der Waals surface area contributed by atoms with E-state index in [0.717, 1.165) is 22.0 Å². The first-order valence-electron chi connectivity index (χ1n) is 11.7. The fourth-order valence-electron chi connectivity index (χ4n) is 3.98. The third-order valence-corrected chi connectivity index (χ3v) is 5.91. The zero-order valence-electron chi connectivity index (χ0n) is 19.9. The monoisotopic (exact) mass is 501 g/mol. The predicted octanol–water partition coefficient (Wildman–Crippen LogP) is 3.52. The van der Waals surface area contributed by atoms with Gasteiger partial charge in [-0.05, 0) is 34.9 Å². The predicted molar refractivity (Wildman–Crippen MR) is 137 cm³/mol. The number of H-pyrrole nitrogens is 1. The van der Waals surface area contributed by atoms with Crippen LogP contribution >= 0.6 is 0 Å². The molecule has 0 saturated heterocycles. The van der Waals surface area contributed by atoms with Crippen LogP contribution in [0.15, 0.2) is 85.1 Å². The molecule has 5 N–H and O–H groups in total. The van der Waals surface area contributed by atoms with Gasteiger partial charge in [0.25, 0.3) is 0 Å². The number of carboxylic acids is 1. The highest BCUT2D eigenvalue weighted by Gasteiger charge is 2.28. The lowest BCUT2D eigenvalue weighted by Crippen LogP contribution is -2.53. The van der Waals surface area contributed by atoms with E-state index in [1.807, 2.05) is 42.5 Å². The van der Waals surface area contributed by atoms with E-state index in [2.05, 4.69) is 15.6 Å². The highest BCUT2D eigenvalue weighted by atomic mass is 16.5. The van der Waals surface area contributed by atoms with Gasteiger partial charge in [-0.15, -0.1) is 0 Å². The molecule has 37 heavy (non-hydrogen) atoms. The smallest absolute Gasteiger partial charge is 0.408 e. The molecule has 2 atom stereocenters. The summed E-state index contributed by atoms with van der Waals surface area (Å²) in [4.78, 5) is 40.9. The van der Waals surface area contributed by atoms with Crippen molar-refractivity contribution in [2.45, 2.75) is 31.5 Å². The number of hydrogen-bond donors (Lipinski definition) is 5. The van der Waals surface area contributed by atoms with E-state index in [1.165, 1.54) is 12.1 Å². The van der Waals surface area contributed by atoms with E-state index in [-0.39, 0.29) is 25.2 Å². The van der Waals surface area contributed by atoms with Crippen LogP contribution in [-0.4, -0.2) is 45.3 Å². The van der Waals surface area contributed by atoms with Crippen LogP contribution in [0.1, 0.15) is 16.7 Å². The molecule has 0 unspecified atom stereocenters. The number of carboxylic acid groups (broad SMARTS) is 1. The summed E-state index contributed by atoms with van der Waals surface area (Å²) in [6.07, 6.45) is 1.02. The molecule has 9 nitrogen and oxygen atoms in total. The first-order chi connectivity index (χ1) is 17.9. The van der Waals surface area contributed by atoms with Gasteiger partial charge in [0.15, 0.2) is 0 Å². The maximum absolute atomic E-state index is 13.2. The Labute approximate surface area is 213 Å². The number of ether oxygens (including phenoxy) is 1. The molecule has 1 aromatic heterocycles. The van der Waals surface area contributed by atoms with Crippen molar-refractivity contribution >= 4 is 28.9 Å². The number of aromatic nitrogens is 1. The minimum absolute atomic E-state index is 0.0124. The number of hydrogen-bond acceptors (Lipinski definition) is 5. The van der Waals surface area contributed by atoms with Crippen molar-refractivity contribution < 1.29 is 29.3 Å². The van der Waals surface area contributed by atoms with Crippen molar-refractivity contribution in [3.05, 3.63) is 102 Å². The van der Waals surface area contributed by atoms with Crippen LogP contribution in [0, 0.1) is 0 Å². The minimum atomic E-state index is -1.23. The first-order valence-corrected chi connectivity index (χ1v) is 11.7. The number of aliphatic carboxylic acids is 1. The summed E-state index contributed by atoms with van der Waals surface area (Å²) in [6, 6.07) is 20.4. The number of phenols is 1. The van der Waals surface area contributed by atoms with Gasteiger partial charge in [0, 0.05) is 29.9 Å². The topological polar surface area (TPSA) is 141 Å². The third-order valence-electron chi connectivity index (χ3n) is 5.91. The molecular weight excluding hydrogens is 474 g/mol. The van der Waals surface area contributed by atoms with Gasteiger partial charge in [-0.2, -0.15) is 0 Å². The van der Waals surface area contributed by atoms with E-state index >= 15 is 0 Å². The average molecular weight is 502 g/mol. The SMILES string of the molecule is O=C(N[C@@H](Cc1ccc(O)cc1)C(=O)N[C@H](Cc1c[nH]c2ccccc12)C(=O)O)OCc1ccccc1. The quantitative estimate of drug-likeness (QED) is 0.225. The molecule has 0 saturated carbocycles. The highest BCUT2D eigenvalue weighted by Crippen LogP contribution is 2.19. The second-order valence-corrected chi connectivity index (χ2v) is 8.59. The molecule has 9 heteroatoms. The molecule has 0 bridgehead atoms. The van der Waals surface area contributed by atoms with Gasteiger partial charge in [-0.1, -0.05) is 60.7 Å². The Kier molecular flexibility index (Phi) is 8.05. The lowest BCUT2D eigenvalue weighted by atomic mass is 10.0. The number of amides is 2.